The Hall–Kier alpha value is -7.48. The Bertz CT molecular complexity index is 3740. The molecular weight excluding hydrogens is 725 g/mol. The third-order valence-corrected chi connectivity index (χ3v) is 13.7. The molecule has 1 heteroatoms. The summed E-state index contributed by atoms with van der Waals surface area (Å²) in [6.45, 7) is 4.73. The number of furan rings is 1. The first-order chi connectivity index (χ1) is 29.5. The van der Waals surface area contributed by atoms with Crippen molar-refractivity contribution in [1.82, 2.24) is 0 Å². The highest BCUT2D eigenvalue weighted by Crippen LogP contribution is 2.55. The number of hydrogen-bond donors (Lipinski definition) is 0. The Labute approximate surface area is 347 Å². The molecule has 0 spiro atoms. The molecule has 0 unspecified atom stereocenters. The normalized spacial score (nSPS) is 13.3. The maximum absolute atomic E-state index is 6.71. The van der Waals surface area contributed by atoms with E-state index >= 15 is 0 Å². The molecule has 0 saturated carbocycles. The Morgan fingerprint density at radius 3 is 1.53 bits per heavy atom. The van der Waals surface area contributed by atoms with Crippen molar-refractivity contribution in [3.63, 3.8) is 0 Å². The fraction of sp³-hybridized carbons (Fsp3) is 0.0508. The first-order valence-corrected chi connectivity index (χ1v) is 21.0. The van der Waals surface area contributed by atoms with Crippen LogP contribution in [0.25, 0.3) is 120 Å². The zero-order valence-electron chi connectivity index (χ0n) is 33.4. The van der Waals surface area contributed by atoms with E-state index in [1.807, 2.05) is 0 Å². The zero-order chi connectivity index (χ0) is 39.7. The minimum atomic E-state index is -0.149. The van der Waals surface area contributed by atoms with Crippen molar-refractivity contribution in [3.05, 3.63) is 205 Å². The molecule has 1 aromatic heterocycles. The summed E-state index contributed by atoms with van der Waals surface area (Å²) in [5, 5.41) is 14.8. The van der Waals surface area contributed by atoms with Gasteiger partial charge in [0.1, 0.15) is 11.2 Å². The van der Waals surface area contributed by atoms with Gasteiger partial charge in [-0.05, 0) is 122 Å². The van der Waals surface area contributed by atoms with Crippen LogP contribution in [-0.2, 0) is 5.41 Å². The third-order valence-electron chi connectivity index (χ3n) is 13.7. The molecular formula is C59H38O. The molecule has 1 nitrogen and oxygen atoms in total. The summed E-state index contributed by atoms with van der Waals surface area (Å²) in [5.74, 6) is 0. The minimum Gasteiger partial charge on any atom is -0.455 e. The molecule has 0 N–H and O–H groups in total. The quantitative estimate of drug-likeness (QED) is 0.163. The number of benzene rings is 11. The summed E-state index contributed by atoms with van der Waals surface area (Å²) >= 11 is 0. The van der Waals surface area contributed by atoms with E-state index in [9.17, 15) is 0 Å². The Kier molecular flexibility index (Phi) is 6.85. The van der Waals surface area contributed by atoms with Crippen molar-refractivity contribution in [2.45, 2.75) is 19.3 Å². The molecule has 280 valence electrons. The number of hydrogen-bond acceptors (Lipinski definition) is 1. The predicted octanol–water partition coefficient (Wildman–Crippen LogP) is 16.7. The van der Waals surface area contributed by atoms with E-state index < -0.39 is 0 Å². The van der Waals surface area contributed by atoms with Crippen LogP contribution in [-0.4, -0.2) is 0 Å². The van der Waals surface area contributed by atoms with E-state index in [1.54, 1.807) is 0 Å². The predicted molar refractivity (Wildman–Crippen MR) is 255 cm³/mol. The summed E-state index contributed by atoms with van der Waals surface area (Å²) in [4.78, 5) is 0. The Morgan fingerprint density at radius 2 is 0.850 bits per heavy atom. The van der Waals surface area contributed by atoms with Gasteiger partial charge < -0.3 is 4.42 Å². The second kappa shape index (κ2) is 12.3. The second-order valence-electron chi connectivity index (χ2n) is 17.1. The first kappa shape index (κ1) is 33.5. The van der Waals surface area contributed by atoms with Crippen LogP contribution in [0.4, 0.5) is 0 Å². The van der Waals surface area contributed by atoms with Gasteiger partial charge in [-0.25, -0.2) is 0 Å². The van der Waals surface area contributed by atoms with Crippen LogP contribution >= 0.6 is 0 Å². The van der Waals surface area contributed by atoms with Gasteiger partial charge in [0, 0.05) is 21.6 Å². The van der Waals surface area contributed by atoms with Crippen molar-refractivity contribution in [3.8, 4) is 44.5 Å². The minimum absolute atomic E-state index is 0.149. The SMILES string of the molecule is CC1(C)c2ccc(-c3ccc(-c4c5ccccc5c(-c5cccc6ccccc56)c5ccccc45)c4ccccc34)cc2-c2c1ccc1oc3c4ccccc4ccc3c21. The van der Waals surface area contributed by atoms with Crippen molar-refractivity contribution in [1.29, 1.82) is 0 Å². The molecule has 1 heterocycles. The van der Waals surface area contributed by atoms with E-state index in [-0.39, 0.29) is 5.41 Å². The lowest BCUT2D eigenvalue weighted by Gasteiger charge is -2.22. The van der Waals surface area contributed by atoms with Crippen molar-refractivity contribution in [2.24, 2.45) is 0 Å². The maximum Gasteiger partial charge on any atom is 0.143 e. The van der Waals surface area contributed by atoms with Gasteiger partial charge in [0.15, 0.2) is 0 Å². The molecule has 0 atom stereocenters. The average Bonchev–Trinajstić information content (AvgIpc) is 3.79. The summed E-state index contributed by atoms with van der Waals surface area (Å²) in [5.41, 5.74) is 14.6. The topological polar surface area (TPSA) is 13.1 Å². The molecule has 0 fully saturated rings. The number of fused-ring (bicyclic) bond motifs is 13. The van der Waals surface area contributed by atoms with Crippen LogP contribution in [0.15, 0.2) is 199 Å². The smallest absolute Gasteiger partial charge is 0.143 e. The molecule has 11 aromatic carbocycles. The van der Waals surface area contributed by atoms with Crippen LogP contribution in [0.2, 0.25) is 0 Å². The first-order valence-electron chi connectivity index (χ1n) is 21.0. The lowest BCUT2D eigenvalue weighted by molar-refractivity contribution is 0.657. The summed E-state index contributed by atoms with van der Waals surface area (Å²) in [6.07, 6.45) is 0. The van der Waals surface area contributed by atoms with Crippen molar-refractivity contribution >= 4 is 75.8 Å². The van der Waals surface area contributed by atoms with Crippen LogP contribution in [0.1, 0.15) is 25.0 Å². The standard InChI is InChI=1S/C59H38O/c1-59(2)51-31-27-37(34-50(51)56-52(59)32-33-53-57(56)49-28-26-36-15-4-6-18-40(36)58(49)60-53)39-29-30-48(42-20-8-7-19-41(39)42)55-46-23-11-9-21-44(46)54(45-22-10-12-24-47(45)55)43-25-13-16-35-14-3-5-17-38(35)43/h3-34H,1-2H3. The van der Waals surface area contributed by atoms with E-state index in [2.05, 4.69) is 208 Å². The molecule has 0 bridgehead atoms. The average molecular weight is 763 g/mol. The fourth-order valence-electron chi connectivity index (χ4n) is 10.9. The Morgan fingerprint density at radius 1 is 0.333 bits per heavy atom. The van der Waals surface area contributed by atoms with Gasteiger partial charge in [0.2, 0.25) is 0 Å². The van der Waals surface area contributed by atoms with Crippen LogP contribution in [0.5, 0.6) is 0 Å². The summed E-state index contributed by atoms with van der Waals surface area (Å²) in [6, 6.07) is 71.9. The molecule has 13 rings (SSSR count). The monoisotopic (exact) mass is 762 g/mol. The third kappa shape index (κ3) is 4.52. The van der Waals surface area contributed by atoms with Crippen LogP contribution < -0.4 is 0 Å². The van der Waals surface area contributed by atoms with Gasteiger partial charge in [0.05, 0.1) is 0 Å². The number of rotatable bonds is 3. The van der Waals surface area contributed by atoms with E-state index in [0.717, 1.165) is 16.6 Å². The van der Waals surface area contributed by atoms with Gasteiger partial charge in [-0.2, -0.15) is 0 Å². The van der Waals surface area contributed by atoms with Crippen LogP contribution in [0.3, 0.4) is 0 Å². The van der Waals surface area contributed by atoms with Crippen molar-refractivity contribution in [2.75, 3.05) is 0 Å². The van der Waals surface area contributed by atoms with Gasteiger partial charge >= 0.3 is 0 Å². The van der Waals surface area contributed by atoms with Gasteiger partial charge in [-0.3, -0.25) is 0 Å². The second-order valence-corrected chi connectivity index (χ2v) is 17.1. The fourth-order valence-corrected chi connectivity index (χ4v) is 10.9. The molecule has 0 radical (unpaired) electrons. The zero-order valence-corrected chi connectivity index (χ0v) is 33.4. The van der Waals surface area contributed by atoms with E-state index in [0.29, 0.717) is 0 Å². The molecule has 0 amide bonds. The molecule has 0 aliphatic heterocycles. The molecule has 12 aromatic rings. The summed E-state index contributed by atoms with van der Waals surface area (Å²) < 4.78 is 6.71. The van der Waals surface area contributed by atoms with Gasteiger partial charge in [-0.1, -0.05) is 190 Å². The molecule has 60 heavy (non-hydrogen) atoms. The molecule has 1 aliphatic rings. The van der Waals surface area contributed by atoms with Crippen molar-refractivity contribution < 1.29 is 4.42 Å². The van der Waals surface area contributed by atoms with Crippen LogP contribution in [0, 0.1) is 0 Å². The highest BCUT2D eigenvalue weighted by molar-refractivity contribution is 6.26. The summed E-state index contributed by atoms with van der Waals surface area (Å²) in [7, 11) is 0. The van der Waals surface area contributed by atoms with E-state index in [1.165, 1.54) is 115 Å². The van der Waals surface area contributed by atoms with Gasteiger partial charge in [-0.15, -0.1) is 0 Å². The largest absolute Gasteiger partial charge is 0.455 e. The highest BCUT2D eigenvalue weighted by atomic mass is 16.3. The lowest BCUT2D eigenvalue weighted by Crippen LogP contribution is -2.14. The maximum atomic E-state index is 6.71. The highest BCUT2D eigenvalue weighted by Gasteiger charge is 2.38. The Balaban J connectivity index is 1.04. The van der Waals surface area contributed by atoms with E-state index in [4.69, 9.17) is 4.42 Å². The molecule has 1 aliphatic carbocycles. The van der Waals surface area contributed by atoms with Gasteiger partial charge in [0.25, 0.3) is 0 Å². The lowest BCUT2D eigenvalue weighted by atomic mass is 9.81. The molecule has 0 saturated heterocycles.